The third-order valence-corrected chi connectivity index (χ3v) is 5.91. The highest BCUT2D eigenvalue weighted by molar-refractivity contribution is 5.92. The molecule has 1 aromatic heterocycles. The maximum atomic E-state index is 12.7. The van der Waals surface area contributed by atoms with Gasteiger partial charge in [0.05, 0.1) is 6.20 Å². The van der Waals surface area contributed by atoms with Crippen LogP contribution in [0.15, 0.2) is 18.6 Å². The summed E-state index contributed by atoms with van der Waals surface area (Å²) < 4.78 is 5.50. The number of likely N-dealkylation sites (tertiary alicyclic amines) is 2. The highest BCUT2D eigenvalue weighted by atomic mass is 16.5. The average molecular weight is 330 g/mol. The summed E-state index contributed by atoms with van der Waals surface area (Å²) in [5.74, 6) is 0.0340. The Labute approximate surface area is 143 Å². The van der Waals surface area contributed by atoms with Crippen LogP contribution in [-0.4, -0.2) is 71.1 Å². The first-order chi connectivity index (χ1) is 11.8. The molecule has 0 unspecified atom stereocenters. The Hall–Kier alpha value is -1.53. The fourth-order valence-corrected chi connectivity index (χ4v) is 4.62. The van der Waals surface area contributed by atoms with Gasteiger partial charge in [-0.2, -0.15) is 0 Å². The largest absolute Gasteiger partial charge is 0.381 e. The van der Waals surface area contributed by atoms with E-state index in [1.165, 1.54) is 12.8 Å². The van der Waals surface area contributed by atoms with E-state index in [0.29, 0.717) is 11.7 Å². The van der Waals surface area contributed by atoms with Gasteiger partial charge in [-0.25, -0.2) is 4.98 Å². The topological polar surface area (TPSA) is 58.6 Å². The Morgan fingerprint density at radius 1 is 1.17 bits per heavy atom. The SMILES string of the molecule is O=C(c1cnccn1)N1CCC[C@@]2(CCN(C3CCOCC3)C2)C1. The molecule has 1 atom stereocenters. The second kappa shape index (κ2) is 6.76. The first-order valence-corrected chi connectivity index (χ1v) is 9.13. The van der Waals surface area contributed by atoms with Crippen molar-refractivity contribution < 1.29 is 9.53 Å². The molecule has 3 aliphatic heterocycles. The average Bonchev–Trinajstić information content (AvgIpc) is 3.06. The van der Waals surface area contributed by atoms with E-state index < -0.39 is 0 Å². The predicted molar refractivity (Wildman–Crippen MR) is 89.6 cm³/mol. The summed E-state index contributed by atoms with van der Waals surface area (Å²) in [6.45, 7) is 5.78. The normalized spacial score (nSPS) is 29.2. The van der Waals surface area contributed by atoms with E-state index in [9.17, 15) is 4.79 Å². The summed E-state index contributed by atoms with van der Waals surface area (Å²) in [5, 5.41) is 0. The van der Waals surface area contributed by atoms with Crippen LogP contribution < -0.4 is 0 Å². The van der Waals surface area contributed by atoms with Gasteiger partial charge >= 0.3 is 0 Å². The maximum Gasteiger partial charge on any atom is 0.274 e. The van der Waals surface area contributed by atoms with Gasteiger partial charge in [0.25, 0.3) is 5.91 Å². The summed E-state index contributed by atoms with van der Waals surface area (Å²) in [7, 11) is 0. The molecule has 1 amide bonds. The van der Waals surface area contributed by atoms with Crippen LogP contribution in [0.1, 0.15) is 42.6 Å². The van der Waals surface area contributed by atoms with E-state index in [0.717, 1.165) is 58.7 Å². The number of amides is 1. The molecule has 3 fully saturated rings. The van der Waals surface area contributed by atoms with Crippen molar-refractivity contribution in [2.75, 3.05) is 39.4 Å². The monoisotopic (exact) mass is 330 g/mol. The van der Waals surface area contributed by atoms with Gasteiger partial charge in [-0.15, -0.1) is 0 Å². The number of carbonyl (C=O) groups is 1. The van der Waals surface area contributed by atoms with Crippen LogP contribution in [0.3, 0.4) is 0 Å². The van der Waals surface area contributed by atoms with Crippen molar-refractivity contribution in [1.82, 2.24) is 19.8 Å². The molecule has 1 aromatic rings. The molecule has 6 heteroatoms. The molecule has 0 aliphatic carbocycles. The molecule has 6 nitrogen and oxygen atoms in total. The third-order valence-electron chi connectivity index (χ3n) is 5.91. The van der Waals surface area contributed by atoms with E-state index in [1.54, 1.807) is 18.6 Å². The molecule has 4 heterocycles. The van der Waals surface area contributed by atoms with Crippen molar-refractivity contribution in [2.24, 2.45) is 5.41 Å². The molecule has 3 aliphatic rings. The minimum atomic E-state index is 0.0340. The quantitative estimate of drug-likeness (QED) is 0.824. The molecular weight excluding hydrogens is 304 g/mol. The molecule has 0 N–H and O–H groups in total. The van der Waals surface area contributed by atoms with Gasteiger partial charge in [0.15, 0.2) is 0 Å². The summed E-state index contributed by atoms with van der Waals surface area (Å²) >= 11 is 0. The highest BCUT2D eigenvalue weighted by Crippen LogP contribution is 2.40. The Bertz CT molecular complexity index is 576. The van der Waals surface area contributed by atoms with Crippen molar-refractivity contribution in [3.63, 3.8) is 0 Å². The van der Waals surface area contributed by atoms with E-state index in [1.807, 2.05) is 4.90 Å². The van der Waals surface area contributed by atoms with E-state index in [2.05, 4.69) is 14.9 Å². The molecule has 1 spiro atoms. The Kier molecular flexibility index (Phi) is 4.50. The van der Waals surface area contributed by atoms with Gasteiger partial charge in [0.1, 0.15) is 5.69 Å². The summed E-state index contributed by atoms with van der Waals surface area (Å²) in [6.07, 6.45) is 10.6. The summed E-state index contributed by atoms with van der Waals surface area (Å²) in [5.41, 5.74) is 0.739. The molecule has 24 heavy (non-hydrogen) atoms. The van der Waals surface area contributed by atoms with E-state index in [4.69, 9.17) is 4.74 Å². The maximum absolute atomic E-state index is 12.7. The van der Waals surface area contributed by atoms with Crippen LogP contribution >= 0.6 is 0 Å². The van der Waals surface area contributed by atoms with Crippen molar-refractivity contribution >= 4 is 5.91 Å². The lowest BCUT2D eigenvalue weighted by atomic mass is 9.79. The van der Waals surface area contributed by atoms with Crippen LogP contribution in [0.25, 0.3) is 0 Å². The summed E-state index contributed by atoms with van der Waals surface area (Å²) in [4.78, 5) is 25.6. The standard InChI is InChI=1S/C18H26N4O2/c23-17(16-12-19-6-7-20-16)22-8-1-4-18(14-22)5-9-21(13-18)15-2-10-24-11-3-15/h6-7,12,15H,1-5,8-11,13-14H2/t18-/m0/s1. The fraction of sp³-hybridized carbons (Fsp3) is 0.722. The first-order valence-electron chi connectivity index (χ1n) is 9.13. The molecule has 0 aromatic carbocycles. The Morgan fingerprint density at radius 2 is 2.04 bits per heavy atom. The van der Waals surface area contributed by atoms with Crippen molar-refractivity contribution in [1.29, 1.82) is 0 Å². The molecule has 3 saturated heterocycles. The van der Waals surface area contributed by atoms with Crippen LogP contribution in [0.5, 0.6) is 0 Å². The van der Waals surface area contributed by atoms with Gasteiger partial charge in [0, 0.05) is 56.7 Å². The lowest BCUT2D eigenvalue weighted by Crippen LogP contribution is -2.48. The number of aromatic nitrogens is 2. The number of nitrogens with zero attached hydrogens (tertiary/aromatic N) is 4. The molecule has 4 rings (SSSR count). The summed E-state index contributed by atoms with van der Waals surface area (Å²) in [6, 6.07) is 0.671. The van der Waals surface area contributed by atoms with E-state index in [-0.39, 0.29) is 11.3 Å². The number of hydrogen-bond acceptors (Lipinski definition) is 5. The fourth-order valence-electron chi connectivity index (χ4n) is 4.62. The van der Waals surface area contributed by atoms with Crippen molar-refractivity contribution in [3.8, 4) is 0 Å². The zero-order chi connectivity index (χ0) is 16.4. The van der Waals surface area contributed by atoms with Gasteiger partial charge in [-0.3, -0.25) is 14.7 Å². The number of rotatable bonds is 2. The lowest BCUT2D eigenvalue weighted by molar-refractivity contribution is 0.0295. The number of piperidine rings is 1. The number of carbonyl (C=O) groups excluding carboxylic acids is 1. The van der Waals surface area contributed by atoms with Crippen molar-refractivity contribution in [2.45, 2.75) is 38.1 Å². The number of ether oxygens (including phenoxy) is 1. The minimum Gasteiger partial charge on any atom is -0.381 e. The van der Waals surface area contributed by atoms with Crippen LogP contribution in [0, 0.1) is 5.41 Å². The molecule has 0 saturated carbocycles. The molecule has 130 valence electrons. The highest BCUT2D eigenvalue weighted by Gasteiger charge is 2.44. The smallest absolute Gasteiger partial charge is 0.274 e. The first kappa shape index (κ1) is 16.0. The van der Waals surface area contributed by atoms with Crippen LogP contribution in [-0.2, 0) is 4.74 Å². The molecular formula is C18H26N4O2. The zero-order valence-electron chi connectivity index (χ0n) is 14.2. The van der Waals surface area contributed by atoms with Gasteiger partial charge in [-0.05, 0) is 38.6 Å². The minimum absolute atomic E-state index is 0.0340. The Balaban J connectivity index is 1.42. The molecule has 0 radical (unpaired) electrons. The van der Waals surface area contributed by atoms with E-state index >= 15 is 0 Å². The second-order valence-electron chi connectivity index (χ2n) is 7.48. The van der Waals surface area contributed by atoms with Crippen LogP contribution in [0.2, 0.25) is 0 Å². The Morgan fingerprint density at radius 3 is 2.83 bits per heavy atom. The van der Waals surface area contributed by atoms with Gasteiger partial charge < -0.3 is 9.64 Å². The predicted octanol–water partition coefficient (Wildman–Crippen LogP) is 1.58. The van der Waals surface area contributed by atoms with Crippen molar-refractivity contribution in [3.05, 3.63) is 24.3 Å². The zero-order valence-corrected chi connectivity index (χ0v) is 14.2. The third kappa shape index (κ3) is 3.17. The lowest BCUT2D eigenvalue weighted by Gasteiger charge is -2.41. The molecule has 0 bridgehead atoms. The van der Waals surface area contributed by atoms with Crippen LogP contribution in [0.4, 0.5) is 0 Å². The second-order valence-corrected chi connectivity index (χ2v) is 7.48. The number of hydrogen-bond donors (Lipinski definition) is 0. The van der Waals surface area contributed by atoms with Gasteiger partial charge in [-0.1, -0.05) is 0 Å². The van der Waals surface area contributed by atoms with Gasteiger partial charge in [0.2, 0.25) is 0 Å².